The molecule has 0 aliphatic carbocycles. The second-order valence-electron chi connectivity index (χ2n) is 8.43. The SMILES string of the molecule is Cc1nc2ccc(NC(=O)Nc3ccccc3)cc2c(=O)n1Cc1ccc(-c2ccc(Cl)cc2)cc1. The van der Waals surface area contributed by atoms with Crippen molar-refractivity contribution < 1.29 is 4.79 Å². The number of hydrogen-bond acceptors (Lipinski definition) is 3. The molecule has 2 N–H and O–H groups in total. The van der Waals surface area contributed by atoms with E-state index < -0.39 is 0 Å². The second-order valence-corrected chi connectivity index (χ2v) is 8.87. The molecule has 0 spiro atoms. The predicted molar refractivity (Wildman–Crippen MR) is 146 cm³/mol. The number of carbonyl (C=O) groups excluding carboxylic acids is 1. The van der Waals surface area contributed by atoms with E-state index in [1.807, 2.05) is 73.7 Å². The highest BCUT2D eigenvalue weighted by Gasteiger charge is 2.11. The fraction of sp³-hybridized carbons (Fsp3) is 0.0690. The van der Waals surface area contributed by atoms with E-state index >= 15 is 0 Å². The number of urea groups is 1. The highest BCUT2D eigenvalue weighted by atomic mass is 35.5. The summed E-state index contributed by atoms with van der Waals surface area (Å²) in [6.07, 6.45) is 0. The van der Waals surface area contributed by atoms with Gasteiger partial charge in [0.25, 0.3) is 5.56 Å². The molecule has 5 aromatic rings. The van der Waals surface area contributed by atoms with Gasteiger partial charge in [0.15, 0.2) is 0 Å². The molecule has 178 valence electrons. The van der Waals surface area contributed by atoms with Gasteiger partial charge in [-0.2, -0.15) is 0 Å². The number of benzene rings is 4. The largest absolute Gasteiger partial charge is 0.323 e. The summed E-state index contributed by atoms with van der Waals surface area (Å²) in [6.45, 7) is 2.21. The summed E-state index contributed by atoms with van der Waals surface area (Å²) in [5, 5.41) is 6.69. The first-order chi connectivity index (χ1) is 17.5. The molecule has 36 heavy (non-hydrogen) atoms. The number of para-hydroxylation sites is 1. The quantitative estimate of drug-likeness (QED) is 0.285. The van der Waals surface area contributed by atoms with Crippen LogP contribution in [0.2, 0.25) is 5.02 Å². The molecule has 6 nitrogen and oxygen atoms in total. The fourth-order valence-electron chi connectivity index (χ4n) is 4.04. The van der Waals surface area contributed by atoms with Gasteiger partial charge in [0.1, 0.15) is 5.82 Å². The lowest BCUT2D eigenvalue weighted by atomic mass is 10.0. The molecule has 0 aliphatic heterocycles. The Labute approximate surface area is 213 Å². The van der Waals surface area contributed by atoms with E-state index in [4.69, 9.17) is 11.6 Å². The minimum Gasteiger partial charge on any atom is -0.308 e. The van der Waals surface area contributed by atoms with Gasteiger partial charge in [0.05, 0.1) is 17.4 Å². The Morgan fingerprint density at radius 1 is 0.833 bits per heavy atom. The summed E-state index contributed by atoms with van der Waals surface area (Å²) >= 11 is 5.99. The maximum atomic E-state index is 13.4. The van der Waals surface area contributed by atoms with Gasteiger partial charge in [-0.15, -0.1) is 0 Å². The van der Waals surface area contributed by atoms with Crippen molar-refractivity contribution in [1.82, 2.24) is 9.55 Å². The van der Waals surface area contributed by atoms with Crippen LogP contribution in [0.15, 0.2) is 102 Å². The number of hydrogen-bond donors (Lipinski definition) is 2. The van der Waals surface area contributed by atoms with E-state index in [-0.39, 0.29) is 11.6 Å². The van der Waals surface area contributed by atoms with Gasteiger partial charge >= 0.3 is 6.03 Å². The van der Waals surface area contributed by atoms with E-state index in [1.54, 1.807) is 34.9 Å². The lowest BCUT2D eigenvalue weighted by molar-refractivity contribution is 0.262. The van der Waals surface area contributed by atoms with Crippen LogP contribution < -0.4 is 16.2 Å². The molecule has 0 atom stereocenters. The van der Waals surface area contributed by atoms with Crippen molar-refractivity contribution >= 4 is 39.9 Å². The highest BCUT2D eigenvalue weighted by Crippen LogP contribution is 2.22. The van der Waals surface area contributed by atoms with Crippen LogP contribution in [0.3, 0.4) is 0 Å². The molecule has 7 heteroatoms. The molecule has 0 saturated carbocycles. The molecule has 0 fully saturated rings. The molecular weight excluding hydrogens is 472 g/mol. The number of anilines is 2. The van der Waals surface area contributed by atoms with Crippen LogP contribution in [0.1, 0.15) is 11.4 Å². The molecule has 0 unspecified atom stereocenters. The first-order valence-electron chi connectivity index (χ1n) is 11.5. The summed E-state index contributed by atoms with van der Waals surface area (Å²) in [6, 6.07) is 29.7. The first-order valence-corrected chi connectivity index (χ1v) is 11.8. The van der Waals surface area contributed by atoms with E-state index in [9.17, 15) is 9.59 Å². The predicted octanol–water partition coefficient (Wildman–Crippen LogP) is 6.72. The molecular formula is C29H23ClN4O2. The van der Waals surface area contributed by atoms with Crippen LogP contribution in [-0.2, 0) is 6.54 Å². The van der Waals surface area contributed by atoms with Gasteiger partial charge in [-0.25, -0.2) is 9.78 Å². The van der Waals surface area contributed by atoms with Gasteiger partial charge in [-0.05, 0) is 66.1 Å². The van der Waals surface area contributed by atoms with Crippen LogP contribution in [0.4, 0.5) is 16.2 Å². The zero-order chi connectivity index (χ0) is 25.1. The molecule has 4 aromatic carbocycles. The van der Waals surface area contributed by atoms with Crippen molar-refractivity contribution in [3.05, 3.63) is 124 Å². The zero-order valence-electron chi connectivity index (χ0n) is 19.5. The summed E-state index contributed by atoms with van der Waals surface area (Å²) in [7, 11) is 0. The smallest absolute Gasteiger partial charge is 0.308 e. The van der Waals surface area contributed by atoms with Crippen molar-refractivity contribution in [2.75, 3.05) is 10.6 Å². The van der Waals surface area contributed by atoms with Gasteiger partial charge in [-0.3, -0.25) is 9.36 Å². The number of carbonyl (C=O) groups is 1. The van der Waals surface area contributed by atoms with Gasteiger partial charge in [-0.1, -0.05) is 66.2 Å². The van der Waals surface area contributed by atoms with Crippen molar-refractivity contribution in [1.29, 1.82) is 0 Å². The topological polar surface area (TPSA) is 76.0 Å². The van der Waals surface area contributed by atoms with Gasteiger partial charge in [0.2, 0.25) is 0 Å². The fourth-order valence-corrected chi connectivity index (χ4v) is 4.16. The summed E-state index contributed by atoms with van der Waals surface area (Å²) in [4.78, 5) is 30.4. The summed E-state index contributed by atoms with van der Waals surface area (Å²) < 4.78 is 1.65. The molecule has 2 amide bonds. The van der Waals surface area contributed by atoms with Gasteiger partial charge in [0, 0.05) is 16.4 Å². The van der Waals surface area contributed by atoms with E-state index in [0.29, 0.717) is 39.7 Å². The third kappa shape index (κ3) is 5.14. The Bertz CT molecular complexity index is 1600. The van der Waals surface area contributed by atoms with Crippen LogP contribution in [0.5, 0.6) is 0 Å². The number of aromatic nitrogens is 2. The summed E-state index contributed by atoms with van der Waals surface area (Å²) in [5.74, 6) is 0.622. The van der Waals surface area contributed by atoms with Crippen molar-refractivity contribution in [3.63, 3.8) is 0 Å². The number of halogens is 1. The first kappa shape index (κ1) is 23.3. The molecule has 0 saturated heterocycles. The standard InChI is InChI=1S/C29H23ClN4O2/c1-19-31-27-16-15-25(33-29(36)32-24-5-3-2-4-6-24)17-26(27)28(35)34(19)18-20-7-9-21(10-8-20)22-11-13-23(30)14-12-22/h2-17H,18H2,1H3,(H2,32,33,36). The molecule has 5 rings (SSSR count). The molecule has 0 radical (unpaired) electrons. The van der Waals surface area contributed by atoms with E-state index in [0.717, 1.165) is 16.7 Å². The molecule has 0 aliphatic rings. The number of nitrogens with zero attached hydrogens (tertiary/aromatic N) is 2. The number of aryl methyl sites for hydroxylation is 1. The minimum absolute atomic E-state index is 0.161. The van der Waals surface area contributed by atoms with Crippen molar-refractivity contribution in [2.24, 2.45) is 0 Å². The van der Waals surface area contributed by atoms with E-state index in [2.05, 4.69) is 15.6 Å². The van der Waals surface area contributed by atoms with Crippen molar-refractivity contribution in [2.45, 2.75) is 13.5 Å². The lowest BCUT2D eigenvalue weighted by Crippen LogP contribution is -2.25. The third-order valence-corrected chi connectivity index (χ3v) is 6.16. The number of nitrogens with one attached hydrogen (secondary N) is 2. The third-order valence-electron chi connectivity index (χ3n) is 5.91. The Hall–Kier alpha value is -4.42. The zero-order valence-corrected chi connectivity index (χ0v) is 20.3. The molecule has 1 aromatic heterocycles. The normalized spacial score (nSPS) is 10.8. The van der Waals surface area contributed by atoms with Crippen LogP contribution in [0.25, 0.3) is 22.0 Å². The maximum absolute atomic E-state index is 13.4. The minimum atomic E-state index is -0.387. The van der Waals surface area contributed by atoms with E-state index in [1.165, 1.54) is 0 Å². The van der Waals surface area contributed by atoms with Crippen LogP contribution >= 0.6 is 11.6 Å². The van der Waals surface area contributed by atoms with Crippen LogP contribution in [0, 0.1) is 6.92 Å². The van der Waals surface area contributed by atoms with Gasteiger partial charge < -0.3 is 10.6 Å². The molecule has 1 heterocycles. The second kappa shape index (κ2) is 10.1. The molecule has 0 bridgehead atoms. The Morgan fingerprint density at radius 3 is 2.17 bits per heavy atom. The number of fused-ring (bicyclic) bond motifs is 1. The van der Waals surface area contributed by atoms with Crippen molar-refractivity contribution in [3.8, 4) is 11.1 Å². The number of rotatable bonds is 5. The monoisotopic (exact) mass is 494 g/mol. The average Bonchev–Trinajstić information content (AvgIpc) is 2.88. The number of amides is 2. The van der Waals surface area contributed by atoms with Crippen LogP contribution in [-0.4, -0.2) is 15.6 Å². The summed E-state index contributed by atoms with van der Waals surface area (Å²) in [5.41, 5.74) is 4.74. The Morgan fingerprint density at radius 2 is 1.47 bits per heavy atom. The Balaban J connectivity index is 1.38. The lowest BCUT2D eigenvalue weighted by Gasteiger charge is -2.13. The highest BCUT2D eigenvalue weighted by molar-refractivity contribution is 6.30. The maximum Gasteiger partial charge on any atom is 0.323 e. The Kier molecular flexibility index (Phi) is 6.52. The average molecular weight is 495 g/mol.